The van der Waals surface area contributed by atoms with Gasteiger partial charge in [0.15, 0.2) is 11.5 Å². The largest absolute Gasteiger partial charge is 0.485 e. The van der Waals surface area contributed by atoms with Crippen molar-refractivity contribution in [3.05, 3.63) is 52.4 Å². The molecule has 2 aliphatic heterocycles. The van der Waals surface area contributed by atoms with Crippen molar-refractivity contribution in [2.75, 3.05) is 19.7 Å². The minimum atomic E-state index is -0.611. The SMILES string of the molecule is O=C(C1COc2ccccc2O1)N1CC(Cn2nc(C3CC3)ccc2=O)C1. The number of aromatic nitrogens is 2. The van der Waals surface area contributed by atoms with Gasteiger partial charge in [0.25, 0.3) is 11.5 Å². The Balaban J connectivity index is 1.18. The zero-order chi connectivity index (χ0) is 18.4. The van der Waals surface area contributed by atoms with Crippen LogP contribution in [-0.2, 0) is 11.3 Å². The molecule has 2 fully saturated rings. The maximum atomic E-state index is 12.6. The topological polar surface area (TPSA) is 73.7 Å². The number of carbonyl (C=O) groups is 1. The maximum Gasteiger partial charge on any atom is 0.267 e. The van der Waals surface area contributed by atoms with E-state index in [0.29, 0.717) is 37.1 Å². The third kappa shape index (κ3) is 3.18. The molecule has 3 heterocycles. The van der Waals surface area contributed by atoms with Gasteiger partial charge in [-0.2, -0.15) is 5.10 Å². The Bertz CT molecular complexity index is 931. The first-order valence-corrected chi connectivity index (χ1v) is 9.43. The van der Waals surface area contributed by atoms with E-state index in [9.17, 15) is 9.59 Å². The van der Waals surface area contributed by atoms with Crippen LogP contribution in [0.4, 0.5) is 0 Å². The van der Waals surface area contributed by atoms with Crippen LogP contribution in [-0.4, -0.2) is 46.4 Å². The molecular weight excluding hydrogens is 346 g/mol. The normalized spacial score (nSPS) is 21.6. The summed E-state index contributed by atoms with van der Waals surface area (Å²) >= 11 is 0. The number of hydrogen-bond donors (Lipinski definition) is 0. The van der Waals surface area contributed by atoms with E-state index in [0.717, 1.165) is 18.5 Å². The van der Waals surface area contributed by atoms with Crippen LogP contribution in [0.3, 0.4) is 0 Å². The molecule has 1 amide bonds. The molecule has 0 spiro atoms. The molecule has 0 N–H and O–H groups in total. The van der Waals surface area contributed by atoms with Crippen LogP contribution in [0.2, 0.25) is 0 Å². The molecule has 1 aromatic heterocycles. The lowest BCUT2D eigenvalue weighted by molar-refractivity contribution is -0.148. The monoisotopic (exact) mass is 367 g/mol. The maximum absolute atomic E-state index is 12.6. The second-order valence-electron chi connectivity index (χ2n) is 7.53. The zero-order valence-electron chi connectivity index (χ0n) is 14.9. The highest BCUT2D eigenvalue weighted by atomic mass is 16.6. The first-order valence-electron chi connectivity index (χ1n) is 9.43. The van der Waals surface area contributed by atoms with Gasteiger partial charge in [-0.25, -0.2) is 4.68 Å². The van der Waals surface area contributed by atoms with Gasteiger partial charge in [0, 0.05) is 31.0 Å². The number of ether oxygens (including phenoxy) is 2. The van der Waals surface area contributed by atoms with Crippen molar-refractivity contribution in [3.8, 4) is 11.5 Å². The van der Waals surface area contributed by atoms with Crippen LogP contribution in [0.1, 0.15) is 24.5 Å². The first kappa shape index (κ1) is 16.4. The number of benzene rings is 1. The van der Waals surface area contributed by atoms with E-state index in [-0.39, 0.29) is 24.0 Å². The van der Waals surface area contributed by atoms with E-state index in [1.54, 1.807) is 21.7 Å². The number of amides is 1. The number of nitrogens with zero attached hydrogens (tertiary/aromatic N) is 3. The van der Waals surface area contributed by atoms with Crippen molar-refractivity contribution < 1.29 is 14.3 Å². The lowest BCUT2D eigenvalue weighted by atomic mass is 9.99. The molecule has 1 saturated carbocycles. The van der Waals surface area contributed by atoms with E-state index in [4.69, 9.17) is 9.47 Å². The molecule has 2 aromatic rings. The summed E-state index contributed by atoms with van der Waals surface area (Å²) in [7, 11) is 0. The summed E-state index contributed by atoms with van der Waals surface area (Å²) in [5.41, 5.74) is 0.929. The molecule has 1 aromatic carbocycles. The number of para-hydroxylation sites is 2. The van der Waals surface area contributed by atoms with E-state index in [1.165, 1.54) is 0 Å². The van der Waals surface area contributed by atoms with Gasteiger partial charge in [-0.3, -0.25) is 9.59 Å². The summed E-state index contributed by atoms with van der Waals surface area (Å²) in [5, 5.41) is 4.50. The second-order valence-corrected chi connectivity index (χ2v) is 7.53. The predicted octanol–water partition coefficient (Wildman–Crippen LogP) is 1.42. The Morgan fingerprint density at radius 1 is 1.11 bits per heavy atom. The summed E-state index contributed by atoms with van der Waals surface area (Å²) in [6, 6.07) is 10.8. The second kappa shape index (κ2) is 6.40. The lowest BCUT2D eigenvalue weighted by Crippen LogP contribution is -2.57. The Morgan fingerprint density at radius 3 is 2.67 bits per heavy atom. The molecule has 5 rings (SSSR count). The van der Waals surface area contributed by atoms with Gasteiger partial charge in [0.05, 0.1) is 12.2 Å². The van der Waals surface area contributed by atoms with E-state index in [1.807, 2.05) is 24.3 Å². The van der Waals surface area contributed by atoms with Crippen LogP contribution in [0.5, 0.6) is 11.5 Å². The highest BCUT2D eigenvalue weighted by Crippen LogP contribution is 2.38. The van der Waals surface area contributed by atoms with Gasteiger partial charge < -0.3 is 14.4 Å². The number of likely N-dealkylation sites (tertiary alicyclic amines) is 1. The number of fused-ring (bicyclic) bond motifs is 1. The standard InChI is InChI=1S/C20H21N3O4/c24-19-8-7-15(14-5-6-14)21-23(19)11-13-9-22(10-13)20(25)18-12-26-16-3-1-2-4-17(16)27-18/h1-4,7-8,13-14,18H,5-6,9-12H2. The smallest absolute Gasteiger partial charge is 0.267 e. The van der Waals surface area contributed by atoms with Gasteiger partial charge in [0.2, 0.25) is 6.10 Å². The molecule has 1 aliphatic carbocycles. The number of hydrogen-bond acceptors (Lipinski definition) is 5. The predicted molar refractivity (Wildman–Crippen MR) is 96.9 cm³/mol. The summed E-state index contributed by atoms with van der Waals surface area (Å²) in [4.78, 5) is 26.5. The van der Waals surface area contributed by atoms with E-state index in [2.05, 4.69) is 5.10 Å². The Morgan fingerprint density at radius 2 is 1.89 bits per heavy atom. The van der Waals surface area contributed by atoms with Crippen molar-refractivity contribution in [3.63, 3.8) is 0 Å². The Labute approximate surface area is 156 Å². The summed E-state index contributed by atoms with van der Waals surface area (Å²) < 4.78 is 13.0. The first-order chi connectivity index (χ1) is 13.2. The van der Waals surface area contributed by atoms with E-state index >= 15 is 0 Å². The van der Waals surface area contributed by atoms with Gasteiger partial charge in [-0.05, 0) is 31.0 Å². The third-order valence-electron chi connectivity index (χ3n) is 5.37. The number of carbonyl (C=O) groups excluding carboxylic acids is 1. The molecule has 7 nitrogen and oxygen atoms in total. The van der Waals surface area contributed by atoms with Crippen molar-refractivity contribution in [2.24, 2.45) is 5.92 Å². The zero-order valence-corrected chi connectivity index (χ0v) is 14.9. The fraction of sp³-hybridized carbons (Fsp3) is 0.450. The Hall–Kier alpha value is -2.83. The minimum absolute atomic E-state index is 0.0622. The fourth-order valence-electron chi connectivity index (χ4n) is 3.65. The molecule has 0 radical (unpaired) electrons. The lowest BCUT2D eigenvalue weighted by Gasteiger charge is -2.41. The molecule has 3 aliphatic rings. The molecule has 1 atom stereocenters. The van der Waals surface area contributed by atoms with Crippen molar-refractivity contribution in [2.45, 2.75) is 31.4 Å². The van der Waals surface area contributed by atoms with Gasteiger partial charge in [-0.1, -0.05) is 12.1 Å². The van der Waals surface area contributed by atoms with Crippen LogP contribution in [0.25, 0.3) is 0 Å². The molecule has 140 valence electrons. The Kier molecular flexibility index (Phi) is 3.88. The molecule has 7 heteroatoms. The molecule has 0 bridgehead atoms. The van der Waals surface area contributed by atoms with Crippen LogP contribution >= 0.6 is 0 Å². The molecule has 1 unspecified atom stereocenters. The average molecular weight is 367 g/mol. The minimum Gasteiger partial charge on any atom is -0.485 e. The molecule has 27 heavy (non-hydrogen) atoms. The van der Waals surface area contributed by atoms with Crippen molar-refractivity contribution in [1.82, 2.24) is 14.7 Å². The molecule has 1 saturated heterocycles. The number of rotatable bonds is 4. The summed E-state index contributed by atoms with van der Waals surface area (Å²) in [6.07, 6.45) is 1.70. The van der Waals surface area contributed by atoms with Crippen molar-refractivity contribution >= 4 is 5.91 Å². The average Bonchev–Trinajstić information content (AvgIpc) is 3.50. The quantitative estimate of drug-likeness (QED) is 0.817. The highest BCUT2D eigenvalue weighted by molar-refractivity contribution is 5.82. The fourth-order valence-corrected chi connectivity index (χ4v) is 3.65. The van der Waals surface area contributed by atoms with Gasteiger partial charge in [-0.15, -0.1) is 0 Å². The highest BCUT2D eigenvalue weighted by Gasteiger charge is 2.38. The van der Waals surface area contributed by atoms with Crippen LogP contribution in [0.15, 0.2) is 41.2 Å². The summed E-state index contributed by atoms with van der Waals surface area (Å²) in [5.74, 6) is 1.97. The van der Waals surface area contributed by atoms with Gasteiger partial charge >= 0.3 is 0 Å². The third-order valence-corrected chi connectivity index (χ3v) is 5.37. The van der Waals surface area contributed by atoms with Crippen molar-refractivity contribution in [1.29, 1.82) is 0 Å². The molecular formula is C20H21N3O4. The van der Waals surface area contributed by atoms with Gasteiger partial charge in [0.1, 0.15) is 6.61 Å². The summed E-state index contributed by atoms with van der Waals surface area (Å²) in [6.45, 7) is 2.00. The van der Waals surface area contributed by atoms with Crippen LogP contribution in [0, 0.1) is 5.92 Å². The van der Waals surface area contributed by atoms with Crippen LogP contribution < -0.4 is 15.0 Å². The van der Waals surface area contributed by atoms with E-state index < -0.39 is 6.10 Å².